The first-order valence-corrected chi connectivity index (χ1v) is 18.0. The van der Waals surface area contributed by atoms with Crippen molar-refractivity contribution >= 4 is 22.6 Å². The number of rotatable bonds is 19. The van der Waals surface area contributed by atoms with Gasteiger partial charge in [-0.15, -0.1) is 0 Å². The average molecular weight is 682 g/mol. The third-order valence-electron chi connectivity index (χ3n) is 8.77. The van der Waals surface area contributed by atoms with Gasteiger partial charge in [-0.05, 0) is 112 Å². The van der Waals surface area contributed by atoms with Gasteiger partial charge in [-0.1, -0.05) is 104 Å². The number of aliphatic hydroxyl groups is 1. The molecule has 268 valence electrons. The van der Waals surface area contributed by atoms with Crippen LogP contribution >= 0.6 is 0 Å². The molecule has 0 spiro atoms. The number of aliphatic hydroxyl groups excluding tert-OH is 1. The molecule has 7 heteroatoms. The maximum atomic E-state index is 14.1. The van der Waals surface area contributed by atoms with Crippen LogP contribution in [0.15, 0.2) is 91.0 Å². The number of esters is 1. The first kappa shape index (κ1) is 38.8. The van der Waals surface area contributed by atoms with E-state index in [1.54, 1.807) is 20.8 Å². The molecular weight excluding hydrogens is 626 g/mol. The molecular formula is C43H55NO6. The molecule has 0 aliphatic carbocycles. The van der Waals surface area contributed by atoms with Gasteiger partial charge in [0.15, 0.2) is 12.2 Å². The molecule has 0 unspecified atom stereocenters. The predicted molar refractivity (Wildman–Crippen MR) is 200 cm³/mol. The zero-order valence-electron chi connectivity index (χ0n) is 30.5. The first-order chi connectivity index (χ1) is 24.0. The van der Waals surface area contributed by atoms with Crippen LogP contribution < -0.4 is 0 Å². The third-order valence-corrected chi connectivity index (χ3v) is 8.77. The van der Waals surface area contributed by atoms with Gasteiger partial charge in [0.2, 0.25) is 0 Å². The fraction of sp³-hybridized carbons (Fsp3) is 0.442. The number of hydrogen-bond acceptors (Lipinski definition) is 6. The van der Waals surface area contributed by atoms with Gasteiger partial charge in [0.1, 0.15) is 12.2 Å². The Hall–Kier alpha value is -4.04. The van der Waals surface area contributed by atoms with Crippen molar-refractivity contribution < 1.29 is 29.0 Å². The lowest BCUT2D eigenvalue weighted by atomic mass is 10.0. The first-order valence-electron chi connectivity index (χ1n) is 18.0. The van der Waals surface area contributed by atoms with Crippen molar-refractivity contribution in [2.24, 2.45) is 0 Å². The molecule has 0 saturated carbocycles. The molecule has 0 saturated heterocycles. The molecule has 50 heavy (non-hydrogen) atoms. The maximum Gasteiger partial charge on any atom is 0.338 e. The van der Waals surface area contributed by atoms with E-state index in [1.165, 1.54) is 38.1 Å². The Labute approximate surface area is 298 Å². The predicted octanol–water partition coefficient (Wildman–Crippen LogP) is 8.63. The van der Waals surface area contributed by atoms with E-state index in [0.717, 1.165) is 44.1 Å². The Bertz CT molecular complexity index is 1650. The summed E-state index contributed by atoms with van der Waals surface area (Å²) in [7, 11) is 0. The van der Waals surface area contributed by atoms with Crippen molar-refractivity contribution in [3.8, 4) is 0 Å². The van der Waals surface area contributed by atoms with E-state index in [2.05, 4.69) is 68.4 Å². The molecule has 1 amide bonds. The highest BCUT2D eigenvalue weighted by molar-refractivity contribution is 5.88. The molecule has 0 aromatic heterocycles. The fourth-order valence-electron chi connectivity index (χ4n) is 5.82. The second-order valence-electron chi connectivity index (χ2n) is 14.2. The monoisotopic (exact) mass is 681 g/mol. The zero-order chi connectivity index (χ0) is 35.9. The fourth-order valence-corrected chi connectivity index (χ4v) is 5.82. The minimum absolute atomic E-state index is 0.164. The SMILES string of the molecule is Cc1ccc(CCCCCO[C@@H](C(=O)N(CCCCCc2ccc3ccccc3c2)OCc2ccccc2)[C@@H](O)C(=O)OC(C)(C)C)cc1C. The van der Waals surface area contributed by atoms with Crippen LogP contribution in [0.25, 0.3) is 10.8 Å². The second kappa shape index (κ2) is 19.4. The molecule has 4 aromatic carbocycles. The molecule has 0 aliphatic heterocycles. The summed E-state index contributed by atoms with van der Waals surface area (Å²) >= 11 is 0. The van der Waals surface area contributed by atoms with Crippen molar-refractivity contribution in [3.05, 3.63) is 119 Å². The number of amides is 1. The molecule has 0 radical (unpaired) electrons. The van der Waals surface area contributed by atoms with Crippen molar-refractivity contribution in [1.82, 2.24) is 5.06 Å². The molecule has 0 fully saturated rings. The number of aryl methyl sites for hydroxylation is 4. The summed E-state index contributed by atoms with van der Waals surface area (Å²) in [6, 6.07) is 31.0. The topological polar surface area (TPSA) is 85.3 Å². The molecule has 0 bridgehead atoms. The van der Waals surface area contributed by atoms with Gasteiger partial charge in [-0.2, -0.15) is 0 Å². The van der Waals surface area contributed by atoms with Crippen molar-refractivity contribution in [3.63, 3.8) is 0 Å². The molecule has 0 aliphatic rings. The number of fused-ring (bicyclic) bond motifs is 1. The standard InChI is InChI=1S/C43H55NO6/c1-32-23-24-34(29-33(32)2)17-12-8-16-28-48-40(39(45)42(47)50-43(3,4)5)41(46)44(49-31-36-19-9-6-10-20-36)27-15-7-11-18-35-25-26-37-21-13-14-22-38(37)30-35/h6,9-10,13-14,19-26,29-30,39-40,45H,7-8,11-12,15-18,27-28,31H2,1-5H3/t39-,40-/m1/s1. The molecule has 4 rings (SSSR count). The van der Waals surface area contributed by atoms with E-state index in [0.29, 0.717) is 19.4 Å². The van der Waals surface area contributed by atoms with Gasteiger partial charge in [0.25, 0.3) is 5.91 Å². The van der Waals surface area contributed by atoms with Gasteiger partial charge in [0.05, 0.1) is 0 Å². The van der Waals surface area contributed by atoms with Crippen molar-refractivity contribution in [1.29, 1.82) is 0 Å². The van der Waals surface area contributed by atoms with Crippen LogP contribution in [0.3, 0.4) is 0 Å². The Morgan fingerprint density at radius 1 is 0.700 bits per heavy atom. The van der Waals surface area contributed by atoms with E-state index in [1.807, 2.05) is 36.4 Å². The number of nitrogens with zero attached hydrogens (tertiary/aromatic N) is 1. The minimum atomic E-state index is -1.80. The van der Waals surface area contributed by atoms with Gasteiger partial charge >= 0.3 is 5.97 Å². The second-order valence-corrected chi connectivity index (χ2v) is 14.2. The number of ether oxygens (including phenoxy) is 2. The maximum absolute atomic E-state index is 14.1. The highest BCUT2D eigenvalue weighted by atomic mass is 16.7. The molecule has 1 N–H and O–H groups in total. The number of benzene rings is 4. The molecule has 2 atom stereocenters. The van der Waals surface area contributed by atoms with Crippen LogP contribution in [0.2, 0.25) is 0 Å². The summed E-state index contributed by atoms with van der Waals surface area (Å²) in [6.07, 6.45) is 3.63. The average Bonchev–Trinajstić information content (AvgIpc) is 3.09. The molecule has 4 aromatic rings. The largest absolute Gasteiger partial charge is 0.458 e. The zero-order valence-corrected chi connectivity index (χ0v) is 30.5. The highest BCUT2D eigenvalue weighted by Gasteiger charge is 2.39. The summed E-state index contributed by atoms with van der Waals surface area (Å²) in [6.45, 7) is 10.1. The van der Waals surface area contributed by atoms with Crippen LogP contribution in [-0.2, 0) is 43.3 Å². The van der Waals surface area contributed by atoms with E-state index >= 15 is 0 Å². The lowest BCUT2D eigenvalue weighted by molar-refractivity contribution is -0.211. The Kier molecular flexibility index (Phi) is 15.0. The molecule has 0 heterocycles. The van der Waals surface area contributed by atoms with Gasteiger partial charge in [-0.3, -0.25) is 9.63 Å². The number of hydrogen-bond donors (Lipinski definition) is 1. The summed E-state index contributed by atoms with van der Waals surface area (Å²) in [5.41, 5.74) is 5.20. The third kappa shape index (κ3) is 12.7. The quantitative estimate of drug-likeness (QED) is 0.0606. The number of carbonyl (C=O) groups excluding carboxylic acids is 2. The summed E-state index contributed by atoms with van der Waals surface area (Å²) in [5, 5.41) is 14.9. The van der Waals surface area contributed by atoms with Crippen LogP contribution in [-0.4, -0.2) is 53.0 Å². The Balaban J connectivity index is 1.37. The normalized spacial score (nSPS) is 12.8. The van der Waals surface area contributed by atoms with Crippen molar-refractivity contribution in [2.75, 3.05) is 13.2 Å². The van der Waals surface area contributed by atoms with Crippen LogP contribution in [0, 0.1) is 13.8 Å². The molecule has 7 nitrogen and oxygen atoms in total. The van der Waals surface area contributed by atoms with Crippen LogP contribution in [0.1, 0.15) is 87.1 Å². The highest BCUT2D eigenvalue weighted by Crippen LogP contribution is 2.19. The van der Waals surface area contributed by atoms with Crippen LogP contribution in [0.4, 0.5) is 0 Å². The van der Waals surface area contributed by atoms with E-state index in [9.17, 15) is 14.7 Å². The van der Waals surface area contributed by atoms with E-state index in [-0.39, 0.29) is 13.2 Å². The smallest absolute Gasteiger partial charge is 0.338 e. The number of hydroxylamine groups is 2. The Morgan fingerprint density at radius 3 is 2.04 bits per heavy atom. The van der Waals surface area contributed by atoms with Crippen LogP contribution in [0.5, 0.6) is 0 Å². The van der Waals surface area contributed by atoms with Gasteiger partial charge in [0, 0.05) is 13.2 Å². The summed E-state index contributed by atoms with van der Waals surface area (Å²) in [4.78, 5) is 33.1. The van der Waals surface area contributed by atoms with E-state index < -0.39 is 29.7 Å². The summed E-state index contributed by atoms with van der Waals surface area (Å²) in [5.74, 6) is -1.49. The van der Waals surface area contributed by atoms with E-state index in [4.69, 9.17) is 14.3 Å². The van der Waals surface area contributed by atoms with Gasteiger partial charge in [-0.25, -0.2) is 9.86 Å². The minimum Gasteiger partial charge on any atom is -0.458 e. The lowest BCUT2D eigenvalue weighted by Gasteiger charge is -2.30. The van der Waals surface area contributed by atoms with Gasteiger partial charge < -0.3 is 14.6 Å². The lowest BCUT2D eigenvalue weighted by Crippen LogP contribution is -2.50. The summed E-state index contributed by atoms with van der Waals surface area (Å²) < 4.78 is 11.5. The van der Waals surface area contributed by atoms with Crippen molar-refractivity contribution in [2.45, 2.75) is 110 Å². The number of carbonyl (C=O) groups is 2. The number of unbranched alkanes of at least 4 members (excludes halogenated alkanes) is 4. The Morgan fingerprint density at radius 2 is 1.34 bits per heavy atom.